The maximum absolute atomic E-state index is 13.8. The largest absolute Gasteiger partial charge is 0.419 e. The Balaban J connectivity index is 1.64. The summed E-state index contributed by atoms with van der Waals surface area (Å²) in [5.74, 6) is 1.01. The van der Waals surface area contributed by atoms with E-state index in [0.29, 0.717) is 22.3 Å². The van der Waals surface area contributed by atoms with E-state index in [2.05, 4.69) is 23.2 Å². The Morgan fingerprint density at radius 3 is 2.64 bits per heavy atom. The highest BCUT2D eigenvalue weighted by Crippen LogP contribution is 2.37. The lowest BCUT2D eigenvalue weighted by atomic mass is 10.1. The lowest BCUT2D eigenvalue weighted by Gasteiger charge is -2.17. The summed E-state index contributed by atoms with van der Waals surface area (Å²) in [7, 11) is 0. The summed E-state index contributed by atoms with van der Waals surface area (Å²) in [4.78, 5) is 21.5. The summed E-state index contributed by atoms with van der Waals surface area (Å²) in [5.41, 5.74) is 3.97. The quantitative estimate of drug-likeness (QED) is 0.201. The summed E-state index contributed by atoms with van der Waals surface area (Å²) >= 11 is 4.56. The molecule has 0 bridgehead atoms. The molecule has 0 radical (unpaired) electrons. The van der Waals surface area contributed by atoms with Gasteiger partial charge in [0.05, 0.1) is 21.2 Å². The summed E-state index contributed by atoms with van der Waals surface area (Å²) < 4.78 is 7.68. The van der Waals surface area contributed by atoms with E-state index in [1.54, 1.807) is 27.2 Å². The van der Waals surface area contributed by atoms with Crippen molar-refractivity contribution in [1.29, 1.82) is 0 Å². The third-order valence-electron chi connectivity index (χ3n) is 5.79. The number of nitrogens with zero attached hydrogens (tertiary/aromatic N) is 4. The van der Waals surface area contributed by atoms with Gasteiger partial charge in [0.25, 0.3) is 11.4 Å². The van der Waals surface area contributed by atoms with Crippen LogP contribution in [0.1, 0.15) is 39.6 Å². The second-order valence-electron chi connectivity index (χ2n) is 7.90. The Kier molecular flexibility index (Phi) is 5.72. The van der Waals surface area contributed by atoms with Crippen LogP contribution in [0.4, 0.5) is 0 Å². The Bertz CT molecular complexity index is 1530. The lowest BCUT2D eigenvalue weighted by molar-refractivity contribution is 0.509. The van der Waals surface area contributed by atoms with Crippen molar-refractivity contribution >= 4 is 44.7 Å². The van der Waals surface area contributed by atoms with Crippen molar-refractivity contribution < 1.29 is 4.42 Å². The van der Waals surface area contributed by atoms with Crippen LogP contribution in [-0.4, -0.2) is 19.7 Å². The van der Waals surface area contributed by atoms with E-state index in [1.807, 2.05) is 57.3 Å². The van der Waals surface area contributed by atoms with E-state index < -0.39 is 0 Å². The molecule has 0 fully saturated rings. The van der Waals surface area contributed by atoms with Crippen molar-refractivity contribution in [2.24, 2.45) is 0 Å². The van der Waals surface area contributed by atoms with Crippen molar-refractivity contribution in [1.82, 2.24) is 19.7 Å². The summed E-state index contributed by atoms with van der Waals surface area (Å²) in [6.07, 6.45) is 0. The molecule has 0 aliphatic rings. The van der Waals surface area contributed by atoms with Crippen LogP contribution >= 0.6 is 34.4 Å². The highest BCUT2D eigenvalue weighted by atomic mass is 32.2. The van der Waals surface area contributed by atoms with Gasteiger partial charge in [0, 0.05) is 4.88 Å². The zero-order chi connectivity index (χ0) is 23.3. The number of hydrogen-bond donors (Lipinski definition) is 0. The average Bonchev–Trinajstić information content (AvgIpc) is 3.52. The van der Waals surface area contributed by atoms with Crippen molar-refractivity contribution in [2.45, 2.75) is 45.0 Å². The molecule has 9 heteroatoms. The minimum Gasteiger partial charge on any atom is -0.419 e. The Hall–Kier alpha value is -2.75. The van der Waals surface area contributed by atoms with Gasteiger partial charge in [0.1, 0.15) is 4.83 Å². The maximum atomic E-state index is 13.8. The SMILES string of the molecule is Cc1cccc(-n2c(SC(C)c3nnc(-c4cccs4)o3)nc3sc(C)c(C)c3c2=O)c1C. The fraction of sp³-hybridized carbons (Fsp3) is 0.250. The minimum absolute atomic E-state index is 0.0462. The molecule has 1 unspecified atom stereocenters. The van der Waals surface area contributed by atoms with E-state index in [-0.39, 0.29) is 10.8 Å². The molecule has 33 heavy (non-hydrogen) atoms. The third kappa shape index (κ3) is 3.84. The molecule has 0 N–H and O–H groups in total. The predicted octanol–water partition coefficient (Wildman–Crippen LogP) is 6.65. The molecule has 0 amide bonds. The van der Waals surface area contributed by atoms with Gasteiger partial charge in [0.2, 0.25) is 5.89 Å². The molecule has 4 aromatic heterocycles. The van der Waals surface area contributed by atoms with Gasteiger partial charge in [-0.3, -0.25) is 9.36 Å². The fourth-order valence-electron chi connectivity index (χ4n) is 3.65. The molecule has 168 valence electrons. The van der Waals surface area contributed by atoms with Crippen molar-refractivity contribution in [3.05, 3.63) is 73.5 Å². The Morgan fingerprint density at radius 2 is 1.88 bits per heavy atom. The minimum atomic E-state index is -0.186. The number of thioether (sulfide) groups is 1. The summed E-state index contributed by atoms with van der Waals surface area (Å²) in [5, 5.41) is 11.6. The van der Waals surface area contributed by atoms with Gasteiger partial charge in [-0.05, 0) is 68.8 Å². The highest BCUT2D eigenvalue weighted by molar-refractivity contribution is 7.99. The number of hydrogen-bond acceptors (Lipinski definition) is 8. The summed E-state index contributed by atoms with van der Waals surface area (Å²) in [6, 6.07) is 9.91. The topological polar surface area (TPSA) is 73.8 Å². The molecule has 0 aliphatic carbocycles. The fourth-order valence-corrected chi connectivity index (χ4v) is 6.32. The second kappa shape index (κ2) is 8.55. The number of aryl methyl sites for hydroxylation is 3. The van der Waals surface area contributed by atoms with E-state index in [1.165, 1.54) is 11.8 Å². The molecule has 0 aliphatic heterocycles. The van der Waals surface area contributed by atoms with Gasteiger partial charge < -0.3 is 4.42 Å². The lowest BCUT2D eigenvalue weighted by Crippen LogP contribution is -2.23. The number of aromatic nitrogens is 4. The van der Waals surface area contributed by atoms with Crippen LogP contribution in [0, 0.1) is 27.7 Å². The van der Waals surface area contributed by atoms with Gasteiger partial charge in [-0.15, -0.1) is 32.9 Å². The van der Waals surface area contributed by atoms with Crippen LogP contribution in [0.2, 0.25) is 0 Å². The van der Waals surface area contributed by atoms with Crippen LogP contribution in [0.5, 0.6) is 0 Å². The average molecular weight is 495 g/mol. The zero-order valence-electron chi connectivity index (χ0n) is 18.9. The normalized spacial score (nSPS) is 12.5. The van der Waals surface area contributed by atoms with E-state index in [9.17, 15) is 4.79 Å². The van der Waals surface area contributed by atoms with E-state index >= 15 is 0 Å². The van der Waals surface area contributed by atoms with Crippen LogP contribution < -0.4 is 5.56 Å². The first-order chi connectivity index (χ1) is 15.8. The Labute approximate surface area is 203 Å². The molecule has 0 saturated heterocycles. The van der Waals surface area contributed by atoms with Crippen LogP contribution in [0.25, 0.3) is 26.7 Å². The van der Waals surface area contributed by atoms with Gasteiger partial charge in [-0.2, -0.15) is 0 Å². The van der Waals surface area contributed by atoms with Crippen molar-refractivity contribution in [3.63, 3.8) is 0 Å². The van der Waals surface area contributed by atoms with Gasteiger partial charge in [0.15, 0.2) is 5.16 Å². The van der Waals surface area contributed by atoms with Gasteiger partial charge >= 0.3 is 0 Å². The molecule has 1 aromatic carbocycles. The summed E-state index contributed by atoms with van der Waals surface area (Å²) in [6.45, 7) is 10.1. The first-order valence-electron chi connectivity index (χ1n) is 10.5. The number of benzene rings is 1. The maximum Gasteiger partial charge on any atom is 0.267 e. The monoisotopic (exact) mass is 494 g/mol. The predicted molar refractivity (Wildman–Crippen MR) is 136 cm³/mol. The van der Waals surface area contributed by atoms with Crippen LogP contribution in [0.3, 0.4) is 0 Å². The second-order valence-corrected chi connectivity index (χ2v) is 11.4. The van der Waals surface area contributed by atoms with Gasteiger partial charge in [-0.1, -0.05) is 30.0 Å². The molecule has 5 aromatic rings. The standard InChI is InChI=1S/C24H22N4O2S3/c1-12-8-6-9-17(13(12)2)28-23(29)19-14(3)15(4)32-22(19)25-24(28)33-16(5)20-26-27-21(30-20)18-10-7-11-31-18/h6-11,16H,1-5H3. The van der Waals surface area contributed by atoms with E-state index in [0.717, 1.165) is 37.0 Å². The third-order valence-corrected chi connectivity index (χ3v) is 8.79. The molecule has 0 saturated carbocycles. The highest BCUT2D eigenvalue weighted by Gasteiger charge is 2.23. The smallest absolute Gasteiger partial charge is 0.267 e. The molecule has 1 atom stereocenters. The molecule has 4 heterocycles. The van der Waals surface area contributed by atoms with Gasteiger partial charge in [-0.25, -0.2) is 4.98 Å². The Morgan fingerprint density at radius 1 is 1.06 bits per heavy atom. The molecular weight excluding hydrogens is 472 g/mol. The van der Waals surface area contributed by atoms with Crippen molar-refractivity contribution in [3.8, 4) is 16.5 Å². The van der Waals surface area contributed by atoms with Crippen LogP contribution in [0.15, 0.2) is 50.1 Å². The number of fused-ring (bicyclic) bond motifs is 1. The van der Waals surface area contributed by atoms with Crippen molar-refractivity contribution in [2.75, 3.05) is 0 Å². The molecular formula is C24H22N4O2S3. The molecule has 0 spiro atoms. The zero-order valence-corrected chi connectivity index (χ0v) is 21.3. The number of thiophene rings is 2. The first kappa shape index (κ1) is 22.1. The van der Waals surface area contributed by atoms with E-state index in [4.69, 9.17) is 9.40 Å². The van der Waals surface area contributed by atoms with Crippen LogP contribution in [-0.2, 0) is 0 Å². The first-order valence-corrected chi connectivity index (χ1v) is 13.1. The molecule has 5 rings (SSSR count). The molecule has 6 nitrogen and oxygen atoms in total. The number of rotatable bonds is 5.